The SMILES string of the molecule is CN(Cc1csc(Br)c1)C(=O)c1cc(Cl)ncc1Cl. The van der Waals surface area contributed by atoms with Crippen molar-refractivity contribution in [1.82, 2.24) is 9.88 Å². The third-order valence-corrected chi connectivity index (χ3v) is 4.50. The topological polar surface area (TPSA) is 33.2 Å². The molecule has 0 bridgehead atoms. The summed E-state index contributed by atoms with van der Waals surface area (Å²) in [5, 5.41) is 2.54. The molecule has 0 N–H and O–H groups in total. The van der Waals surface area contributed by atoms with Crippen LogP contribution in [0.25, 0.3) is 0 Å². The Hall–Kier alpha value is -0.620. The molecule has 2 aromatic heterocycles. The summed E-state index contributed by atoms with van der Waals surface area (Å²) >= 11 is 16.7. The highest BCUT2D eigenvalue weighted by Gasteiger charge is 2.16. The van der Waals surface area contributed by atoms with Crippen molar-refractivity contribution in [2.24, 2.45) is 0 Å². The van der Waals surface area contributed by atoms with E-state index in [1.807, 2.05) is 11.4 Å². The molecule has 0 aliphatic carbocycles. The Morgan fingerprint density at radius 2 is 2.21 bits per heavy atom. The Morgan fingerprint density at radius 1 is 1.47 bits per heavy atom. The molecule has 2 heterocycles. The molecule has 0 spiro atoms. The normalized spacial score (nSPS) is 10.5. The average molecular weight is 380 g/mol. The highest BCUT2D eigenvalue weighted by atomic mass is 79.9. The van der Waals surface area contributed by atoms with Gasteiger partial charge in [-0.25, -0.2) is 4.98 Å². The van der Waals surface area contributed by atoms with Gasteiger partial charge in [0, 0.05) is 19.8 Å². The fraction of sp³-hybridized carbons (Fsp3) is 0.167. The Morgan fingerprint density at radius 3 is 2.84 bits per heavy atom. The van der Waals surface area contributed by atoms with Gasteiger partial charge in [-0.2, -0.15) is 0 Å². The van der Waals surface area contributed by atoms with Crippen LogP contribution < -0.4 is 0 Å². The molecule has 0 fully saturated rings. The maximum Gasteiger partial charge on any atom is 0.255 e. The van der Waals surface area contributed by atoms with Gasteiger partial charge < -0.3 is 4.90 Å². The molecule has 100 valence electrons. The molecule has 19 heavy (non-hydrogen) atoms. The van der Waals surface area contributed by atoms with Crippen LogP contribution in [0.5, 0.6) is 0 Å². The van der Waals surface area contributed by atoms with Gasteiger partial charge in [0.1, 0.15) is 5.15 Å². The van der Waals surface area contributed by atoms with Crippen LogP contribution in [0.4, 0.5) is 0 Å². The largest absolute Gasteiger partial charge is 0.337 e. The van der Waals surface area contributed by atoms with Gasteiger partial charge in [-0.3, -0.25) is 4.79 Å². The number of hydrogen-bond donors (Lipinski definition) is 0. The quantitative estimate of drug-likeness (QED) is 0.736. The van der Waals surface area contributed by atoms with Gasteiger partial charge in [0.05, 0.1) is 14.4 Å². The number of pyridine rings is 1. The maximum absolute atomic E-state index is 12.3. The lowest BCUT2D eigenvalue weighted by atomic mass is 10.2. The van der Waals surface area contributed by atoms with Gasteiger partial charge in [-0.05, 0) is 39.0 Å². The van der Waals surface area contributed by atoms with Crippen molar-refractivity contribution in [3.63, 3.8) is 0 Å². The van der Waals surface area contributed by atoms with Crippen LogP contribution >= 0.6 is 50.5 Å². The minimum atomic E-state index is -0.184. The van der Waals surface area contributed by atoms with E-state index < -0.39 is 0 Å². The summed E-state index contributed by atoms with van der Waals surface area (Å²) in [6, 6.07) is 3.46. The first-order valence-electron chi connectivity index (χ1n) is 5.27. The fourth-order valence-corrected chi connectivity index (χ4v) is 3.10. The predicted molar refractivity (Wildman–Crippen MR) is 82.1 cm³/mol. The Bertz CT molecular complexity index is 618. The molecule has 0 saturated carbocycles. The van der Waals surface area contributed by atoms with E-state index in [0.717, 1.165) is 9.35 Å². The van der Waals surface area contributed by atoms with Crippen molar-refractivity contribution in [3.05, 3.63) is 48.8 Å². The average Bonchev–Trinajstić information content (AvgIpc) is 2.77. The number of nitrogens with zero attached hydrogens (tertiary/aromatic N) is 2. The first-order valence-corrected chi connectivity index (χ1v) is 7.69. The summed E-state index contributed by atoms with van der Waals surface area (Å²) in [6.07, 6.45) is 1.38. The van der Waals surface area contributed by atoms with Gasteiger partial charge in [0.2, 0.25) is 0 Å². The van der Waals surface area contributed by atoms with Crippen molar-refractivity contribution < 1.29 is 4.79 Å². The smallest absolute Gasteiger partial charge is 0.255 e. The summed E-state index contributed by atoms with van der Waals surface area (Å²) in [5.41, 5.74) is 1.42. The van der Waals surface area contributed by atoms with Crippen molar-refractivity contribution >= 4 is 56.4 Å². The molecular formula is C12H9BrCl2N2OS. The van der Waals surface area contributed by atoms with Crippen LogP contribution in [0.3, 0.4) is 0 Å². The van der Waals surface area contributed by atoms with Gasteiger partial charge in [0.25, 0.3) is 5.91 Å². The lowest BCUT2D eigenvalue weighted by Gasteiger charge is -2.17. The number of aromatic nitrogens is 1. The first kappa shape index (κ1) is 14.8. The Balaban J connectivity index is 2.16. The van der Waals surface area contributed by atoms with Gasteiger partial charge >= 0.3 is 0 Å². The van der Waals surface area contributed by atoms with E-state index >= 15 is 0 Å². The lowest BCUT2D eigenvalue weighted by molar-refractivity contribution is 0.0785. The van der Waals surface area contributed by atoms with E-state index in [0.29, 0.717) is 17.1 Å². The Labute approximate surface area is 133 Å². The number of amides is 1. The molecule has 2 aromatic rings. The van der Waals surface area contributed by atoms with Crippen molar-refractivity contribution in [3.8, 4) is 0 Å². The zero-order valence-electron chi connectivity index (χ0n) is 9.86. The van der Waals surface area contributed by atoms with Crippen molar-refractivity contribution in [2.45, 2.75) is 6.54 Å². The number of rotatable bonds is 3. The minimum absolute atomic E-state index is 0.184. The molecule has 0 radical (unpaired) electrons. The molecule has 0 atom stereocenters. The van der Waals surface area contributed by atoms with E-state index in [1.165, 1.54) is 12.3 Å². The van der Waals surface area contributed by atoms with E-state index in [1.54, 1.807) is 23.3 Å². The molecular weight excluding hydrogens is 371 g/mol. The highest BCUT2D eigenvalue weighted by Crippen LogP contribution is 2.23. The lowest BCUT2D eigenvalue weighted by Crippen LogP contribution is -2.26. The number of hydrogen-bond acceptors (Lipinski definition) is 3. The number of carbonyl (C=O) groups excluding carboxylic acids is 1. The summed E-state index contributed by atoms with van der Waals surface area (Å²) in [6.45, 7) is 0.511. The summed E-state index contributed by atoms with van der Waals surface area (Å²) in [5.74, 6) is -0.184. The molecule has 7 heteroatoms. The van der Waals surface area contributed by atoms with Crippen LogP contribution in [0, 0.1) is 0 Å². The van der Waals surface area contributed by atoms with Crippen molar-refractivity contribution in [1.29, 1.82) is 0 Å². The number of carbonyl (C=O) groups is 1. The second kappa shape index (κ2) is 6.22. The second-order valence-corrected chi connectivity index (χ2v) is 6.99. The Kier molecular flexibility index (Phi) is 4.84. The second-order valence-electron chi connectivity index (χ2n) is 3.91. The van der Waals surface area contributed by atoms with Crippen LogP contribution in [0.15, 0.2) is 27.5 Å². The zero-order valence-corrected chi connectivity index (χ0v) is 13.8. The third kappa shape index (κ3) is 3.69. The molecule has 3 nitrogen and oxygen atoms in total. The molecule has 1 amide bonds. The first-order chi connectivity index (χ1) is 8.97. The highest BCUT2D eigenvalue weighted by molar-refractivity contribution is 9.11. The summed E-state index contributed by atoms with van der Waals surface area (Å²) < 4.78 is 1.04. The van der Waals surface area contributed by atoms with Gasteiger partial charge in [0.15, 0.2) is 0 Å². The van der Waals surface area contributed by atoms with E-state index in [9.17, 15) is 4.79 Å². The van der Waals surface area contributed by atoms with Crippen LogP contribution in [-0.4, -0.2) is 22.8 Å². The van der Waals surface area contributed by atoms with Crippen LogP contribution in [-0.2, 0) is 6.54 Å². The fourth-order valence-electron chi connectivity index (χ4n) is 1.56. The number of thiophene rings is 1. The molecule has 0 aromatic carbocycles. The van der Waals surface area contributed by atoms with Crippen LogP contribution in [0.2, 0.25) is 10.2 Å². The van der Waals surface area contributed by atoms with E-state index in [2.05, 4.69) is 20.9 Å². The minimum Gasteiger partial charge on any atom is -0.337 e. The van der Waals surface area contributed by atoms with Crippen LogP contribution in [0.1, 0.15) is 15.9 Å². The summed E-state index contributed by atoms with van der Waals surface area (Å²) in [4.78, 5) is 17.7. The van der Waals surface area contributed by atoms with E-state index in [-0.39, 0.29) is 11.1 Å². The third-order valence-electron chi connectivity index (χ3n) is 2.44. The zero-order chi connectivity index (χ0) is 14.0. The van der Waals surface area contributed by atoms with Gasteiger partial charge in [-0.15, -0.1) is 11.3 Å². The maximum atomic E-state index is 12.3. The molecule has 0 saturated heterocycles. The molecule has 0 aliphatic heterocycles. The van der Waals surface area contributed by atoms with Crippen molar-refractivity contribution in [2.75, 3.05) is 7.05 Å². The van der Waals surface area contributed by atoms with E-state index in [4.69, 9.17) is 23.2 Å². The molecule has 0 unspecified atom stereocenters. The molecule has 2 rings (SSSR count). The monoisotopic (exact) mass is 378 g/mol. The summed E-state index contributed by atoms with van der Waals surface area (Å²) in [7, 11) is 1.72. The van der Waals surface area contributed by atoms with Gasteiger partial charge in [-0.1, -0.05) is 23.2 Å². The molecule has 0 aliphatic rings. The standard InChI is InChI=1S/C12H9BrCl2N2OS/c1-17(5-7-2-10(13)19-6-7)12(18)8-3-11(15)16-4-9(8)14/h2-4,6H,5H2,1H3. The number of halogens is 3. The predicted octanol–water partition coefficient (Wildman–Crippen LogP) is 4.48.